The quantitative estimate of drug-likeness (QED) is 0.540. The van der Waals surface area contributed by atoms with Crippen molar-refractivity contribution in [1.82, 2.24) is 19.5 Å². The number of nitrogens with zero attached hydrogens (tertiary/aromatic N) is 4. The van der Waals surface area contributed by atoms with Crippen molar-refractivity contribution in [3.63, 3.8) is 0 Å². The molecule has 5 rings (SSSR count). The molecule has 0 bridgehead atoms. The van der Waals surface area contributed by atoms with E-state index in [4.69, 9.17) is 0 Å². The molecule has 0 fully saturated rings. The van der Waals surface area contributed by atoms with Crippen LogP contribution >= 0.6 is 0 Å². The molecular weight excluding hydrogens is 381 g/mol. The molecule has 0 atom stereocenters. The number of aromatic nitrogens is 3. The van der Waals surface area contributed by atoms with Crippen molar-refractivity contribution in [3.8, 4) is 11.4 Å². The number of fused-ring (bicyclic) bond motifs is 2. The molecule has 6 nitrogen and oxygen atoms in total. The molecule has 0 radical (unpaired) electrons. The first-order chi connectivity index (χ1) is 14.6. The first-order valence-corrected chi connectivity index (χ1v) is 9.82. The van der Waals surface area contributed by atoms with Crippen LogP contribution in [0.1, 0.15) is 16.7 Å². The zero-order valence-electron chi connectivity index (χ0n) is 16.5. The monoisotopic (exact) mass is 401 g/mol. The molecule has 3 heterocycles. The molecule has 2 amide bonds. The van der Waals surface area contributed by atoms with Gasteiger partial charge in [-0.05, 0) is 54.3 Å². The molecule has 30 heavy (non-hydrogen) atoms. The molecule has 0 saturated carbocycles. The van der Waals surface area contributed by atoms with Gasteiger partial charge in [0.1, 0.15) is 5.82 Å². The highest BCUT2D eigenvalue weighted by Crippen LogP contribution is 2.27. The molecule has 1 aliphatic rings. The number of carbonyl (C=O) groups excluding carboxylic acids is 1. The third kappa shape index (κ3) is 3.28. The Bertz CT molecular complexity index is 1270. The molecule has 0 unspecified atom stereocenters. The molecule has 2 aromatic heterocycles. The number of hydrogen-bond acceptors (Lipinski definition) is 3. The second-order valence-corrected chi connectivity index (χ2v) is 7.48. The van der Waals surface area contributed by atoms with E-state index in [2.05, 4.69) is 21.5 Å². The summed E-state index contributed by atoms with van der Waals surface area (Å²) in [5.74, 6) is -0.0114. The van der Waals surface area contributed by atoms with Gasteiger partial charge in [-0.3, -0.25) is 0 Å². The topological polar surface area (TPSA) is 62.5 Å². The van der Waals surface area contributed by atoms with Gasteiger partial charge in [-0.15, -0.1) is 5.10 Å². The Morgan fingerprint density at radius 1 is 1.13 bits per heavy atom. The number of urea groups is 1. The van der Waals surface area contributed by atoms with E-state index >= 15 is 0 Å². The van der Waals surface area contributed by atoms with Crippen LogP contribution in [0.2, 0.25) is 0 Å². The minimum Gasteiger partial charge on any atom is -0.320 e. The first kappa shape index (κ1) is 18.3. The van der Waals surface area contributed by atoms with Crippen LogP contribution in [0.25, 0.3) is 16.9 Å². The van der Waals surface area contributed by atoms with Crippen molar-refractivity contribution >= 4 is 17.2 Å². The maximum absolute atomic E-state index is 14.6. The summed E-state index contributed by atoms with van der Waals surface area (Å²) in [6.45, 7) is 2.90. The molecular formula is C23H20FN5O. The lowest BCUT2D eigenvalue weighted by molar-refractivity contribution is 0.206. The fraction of sp³-hybridized carbons (Fsp3) is 0.174. The number of halogens is 1. The van der Waals surface area contributed by atoms with Crippen LogP contribution in [0.4, 0.5) is 14.9 Å². The predicted molar refractivity (Wildman–Crippen MR) is 113 cm³/mol. The number of carbonyl (C=O) groups is 1. The number of anilines is 1. The Balaban J connectivity index is 1.42. The van der Waals surface area contributed by atoms with Gasteiger partial charge in [-0.25, -0.2) is 18.7 Å². The smallest absolute Gasteiger partial charge is 0.320 e. The van der Waals surface area contributed by atoms with Crippen molar-refractivity contribution in [2.75, 3.05) is 11.9 Å². The molecule has 4 aromatic rings. The number of benzene rings is 2. The Morgan fingerprint density at radius 3 is 2.83 bits per heavy atom. The fourth-order valence-electron chi connectivity index (χ4n) is 3.83. The molecule has 0 saturated heterocycles. The predicted octanol–water partition coefficient (Wildman–Crippen LogP) is 4.43. The van der Waals surface area contributed by atoms with E-state index in [0.717, 1.165) is 17.5 Å². The van der Waals surface area contributed by atoms with Crippen LogP contribution in [-0.2, 0) is 13.0 Å². The van der Waals surface area contributed by atoms with Crippen LogP contribution in [-0.4, -0.2) is 32.1 Å². The number of nitrogens with one attached hydrogen (secondary N) is 1. The average molecular weight is 401 g/mol. The van der Waals surface area contributed by atoms with E-state index in [1.54, 1.807) is 28.6 Å². The van der Waals surface area contributed by atoms with Crippen molar-refractivity contribution in [3.05, 3.63) is 83.4 Å². The van der Waals surface area contributed by atoms with Crippen molar-refractivity contribution in [2.24, 2.45) is 0 Å². The molecule has 7 heteroatoms. The van der Waals surface area contributed by atoms with Gasteiger partial charge in [-0.1, -0.05) is 24.3 Å². The normalized spacial score (nSPS) is 13.3. The van der Waals surface area contributed by atoms with Gasteiger partial charge < -0.3 is 10.2 Å². The highest BCUT2D eigenvalue weighted by Gasteiger charge is 2.22. The SMILES string of the molecule is Cc1cc(F)c(NC(=O)N2CCc3ccccc3C2)cc1-c1ncc2cccn2n1. The number of rotatable bonds is 2. The maximum atomic E-state index is 14.6. The highest BCUT2D eigenvalue weighted by atomic mass is 19.1. The highest BCUT2D eigenvalue weighted by molar-refractivity contribution is 5.90. The van der Waals surface area contributed by atoms with Gasteiger partial charge in [0.05, 0.1) is 17.4 Å². The average Bonchev–Trinajstić information content (AvgIpc) is 3.23. The van der Waals surface area contributed by atoms with Crippen LogP contribution in [0, 0.1) is 12.7 Å². The Hall–Kier alpha value is -3.74. The summed E-state index contributed by atoms with van der Waals surface area (Å²) >= 11 is 0. The van der Waals surface area contributed by atoms with Gasteiger partial charge in [-0.2, -0.15) is 0 Å². The molecule has 0 aliphatic carbocycles. The van der Waals surface area contributed by atoms with E-state index in [-0.39, 0.29) is 11.7 Å². The first-order valence-electron chi connectivity index (χ1n) is 9.82. The summed E-state index contributed by atoms with van der Waals surface area (Å²) in [5.41, 5.74) is 4.74. The van der Waals surface area contributed by atoms with E-state index in [1.807, 2.05) is 36.5 Å². The molecule has 150 valence electrons. The lowest BCUT2D eigenvalue weighted by Gasteiger charge is -2.29. The third-order valence-corrected chi connectivity index (χ3v) is 5.49. The van der Waals surface area contributed by atoms with Gasteiger partial charge in [0.2, 0.25) is 0 Å². The summed E-state index contributed by atoms with van der Waals surface area (Å²) in [4.78, 5) is 18.9. The van der Waals surface area contributed by atoms with Gasteiger partial charge in [0.15, 0.2) is 5.82 Å². The third-order valence-electron chi connectivity index (χ3n) is 5.49. The summed E-state index contributed by atoms with van der Waals surface area (Å²) in [5, 5.41) is 7.22. The van der Waals surface area contributed by atoms with E-state index in [0.29, 0.717) is 30.0 Å². The van der Waals surface area contributed by atoms with E-state index in [9.17, 15) is 9.18 Å². The lowest BCUT2D eigenvalue weighted by atomic mass is 10.0. The van der Waals surface area contributed by atoms with E-state index in [1.165, 1.54) is 11.6 Å². The molecule has 1 N–H and O–H groups in total. The lowest BCUT2D eigenvalue weighted by Crippen LogP contribution is -2.39. The van der Waals surface area contributed by atoms with Crippen LogP contribution < -0.4 is 5.32 Å². The largest absolute Gasteiger partial charge is 0.322 e. The number of amides is 2. The summed E-state index contributed by atoms with van der Waals surface area (Å²) in [7, 11) is 0. The van der Waals surface area contributed by atoms with Gasteiger partial charge in [0.25, 0.3) is 0 Å². The number of hydrogen-bond donors (Lipinski definition) is 1. The van der Waals surface area contributed by atoms with Crippen LogP contribution in [0.5, 0.6) is 0 Å². The Morgan fingerprint density at radius 2 is 1.97 bits per heavy atom. The van der Waals surface area contributed by atoms with Crippen LogP contribution in [0.15, 0.2) is 60.9 Å². The second-order valence-electron chi connectivity index (χ2n) is 7.48. The summed E-state index contributed by atoms with van der Waals surface area (Å²) in [6.07, 6.45) is 4.33. The standard InChI is InChI=1S/C23H20FN5O/c1-15-11-20(24)21(12-19(15)22-25-13-18-7-4-9-29(18)27-22)26-23(30)28-10-8-16-5-2-3-6-17(16)14-28/h2-7,9,11-13H,8,10,14H2,1H3,(H,26,30). The van der Waals surface area contributed by atoms with Crippen molar-refractivity contribution in [2.45, 2.75) is 19.9 Å². The minimum atomic E-state index is -0.482. The zero-order valence-corrected chi connectivity index (χ0v) is 16.5. The Labute approximate surface area is 173 Å². The molecule has 1 aliphatic heterocycles. The summed E-state index contributed by atoms with van der Waals surface area (Å²) < 4.78 is 16.4. The molecule has 0 spiro atoms. The maximum Gasteiger partial charge on any atom is 0.322 e. The van der Waals surface area contributed by atoms with Crippen molar-refractivity contribution in [1.29, 1.82) is 0 Å². The Kier molecular flexibility index (Phi) is 4.43. The van der Waals surface area contributed by atoms with E-state index < -0.39 is 5.82 Å². The zero-order chi connectivity index (χ0) is 20.7. The minimum absolute atomic E-state index is 0.121. The van der Waals surface area contributed by atoms with Gasteiger partial charge in [0, 0.05) is 24.8 Å². The fourth-order valence-corrected chi connectivity index (χ4v) is 3.83. The van der Waals surface area contributed by atoms with Crippen LogP contribution in [0.3, 0.4) is 0 Å². The number of aryl methyl sites for hydroxylation is 1. The van der Waals surface area contributed by atoms with Crippen molar-refractivity contribution < 1.29 is 9.18 Å². The van der Waals surface area contributed by atoms with Gasteiger partial charge >= 0.3 is 6.03 Å². The molecule has 2 aromatic carbocycles. The second kappa shape index (κ2) is 7.26. The summed E-state index contributed by atoms with van der Waals surface area (Å²) in [6, 6.07) is 14.5.